The monoisotopic (exact) mass is 148 g/mol. The van der Waals surface area contributed by atoms with E-state index in [1.54, 1.807) is 12.1 Å². The first-order valence-electron chi connectivity index (χ1n) is 2.28. The Morgan fingerprint density at radius 2 is 1.67 bits per heavy atom. The molecule has 0 saturated carbocycles. The molecule has 0 unspecified atom stereocenters. The fraction of sp³-hybridized carbons (Fsp3) is 0. The van der Waals surface area contributed by atoms with E-state index in [9.17, 15) is 4.55 Å². The van der Waals surface area contributed by atoms with E-state index >= 15 is 0 Å². The van der Waals surface area contributed by atoms with Crippen LogP contribution in [0.4, 0.5) is 0 Å². The summed E-state index contributed by atoms with van der Waals surface area (Å²) in [5.41, 5.74) is 0. The number of hydrogen-bond acceptors (Lipinski definition) is 2. The smallest absolute Gasteiger partial charge is 0.795 e. The molecule has 0 aliphatic heterocycles. The summed E-state index contributed by atoms with van der Waals surface area (Å²) < 4.78 is 10.0. The van der Waals surface area contributed by atoms with Gasteiger partial charge in [0.1, 0.15) is 0 Å². The third kappa shape index (κ3) is 3.28. The van der Waals surface area contributed by atoms with Gasteiger partial charge in [-0.05, 0) is 17.0 Å². The van der Waals surface area contributed by atoms with Crippen LogP contribution >= 0.6 is 12.0 Å². The molecule has 0 spiro atoms. The van der Waals surface area contributed by atoms with E-state index < -0.39 is 0 Å². The van der Waals surface area contributed by atoms with Gasteiger partial charge in [0.05, 0.1) is 0 Å². The molecule has 1 aromatic carbocycles. The summed E-state index contributed by atoms with van der Waals surface area (Å²) in [4.78, 5) is 0.771. The van der Waals surface area contributed by atoms with Crippen molar-refractivity contribution in [2.45, 2.75) is 4.90 Å². The molecule has 0 radical (unpaired) electrons. The molecule has 1 rings (SSSR count). The number of benzene rings is 1. The maximum Gasteiger partial charge on any atom is 1.00 e. The molecule has 42 valence electrons. The molecule has 0 aliphatic carbocycles. The summed E-state index contributed by atoms with van der Waals surface area (Å²) in [6.45, 7) is 0. The Balaban J connectivity index is 0.000000640. The van der Waals surface area contributed by atoms with Crippen LogP contribution < -0.4 is 29.6 Å². The van der Waals surface area contributed by atoms with Gasteiger partial charge in [-0.1, -0.05) is 18.2 Å². The zero-order chi connectivity index (χ0) is 5.82. The predicted molar refractivity (Wildman–Crippen MR) is 33.1 cm³/mol. The first-order valence-corrected chi connectivity index (χ1v) is 3.02. The Bertz CT molecular complexity index is 154. The first-order chi connectivity index (χ1) is 3.93. The van der Waals surface area contributed by atoms with Crippen molar-refractivity contribution in [3.63, 3.8) is 0 Å². The van der Waals surface area contributed by atoms with Crippen molar-refractivity contribution < 1.29 is 34.1 Å². The van der Waals surface area contributed by atoms with Crippen LogP contribution in [-0.2, 0) is 0 Å². The van der Waals surface area contributed by atoms with Gasteiger partial charge in [-0.3, -0.25) is 0 Å². The molecule has 0 atom stereocenters. The van der Waals surface area contributed by atoms with E-state index in [1.165, 1.54) is 0 Å². The Labute approximate surface area is 81.0 Å². The molecule has 0 N–H and O–H groups in total. The van der Waals surface area contributed by atoms with Gasteiger partial charge in [0, 0.05) is 0 Å². The number of rotatable bonds is 1. The summed E-state index contributed by atoms with van der Waals surface area (Å²) in [7, 11) is 0. The van der Waals surface area contributed by atoms with Crippen molar-refractivity contribution in [1.82, 2.24) is 0 Å². The van der Waals surface area contributed by atoms with Gasteiger partial charge in [0.25, 0.3) is 0 Å². The molecule has 0 amide bonds. The van der Waals surface area contributed by atoms with Gasteiger partial charge in [-0.2, -0.15) is 0 Å². The molecule has 1 nitrogen and oxygen atoms in total. The largest absolute Gasteiger partial charge is 1.00 e. The van der Waals surface area contributed by atoms with Crippen LogP contribution in [0.3, 0.4) is 0 Å². The van der Waals surface area contributed by atoms with Gasteiger partial charge in [0.15, 0.2) is 0 Å². The Morgan fingerprint density at radius 1 is 1.11 bits per heavy atom. The van der Waals surface area contributed by atoms with E-state index in [0.29, 0.717) is 12.0 Å². The SMILES string of the molecule is [Na+].[O-]Sc1ccccc1. The molecule has 0 aromatic heterocycles. The van der Waals surface area contributed by atoms with Gasteiger partial charge in [0.2, 0.25) is 0 Å². The summed E-state index contributed by atoms with van der Waals surface area (Å²) in [6, 6.07) is 9.16. The van der Waals surface area contributed by atoms with Crippen molar-refractivity contribution in [3.8, 4) is 0 Å². The maximum atomic E-state index is 10.0. The van der Waals surface area contributed by atoms with Crippen molar-refractivity contribution in [3.05, 3.63) is 30.3 Å². The fourth-order valence-corrected chi connectivity index (χ4v) is 0.744. The Kier molecular flexibility index (Phi) is 5.64. The van der Waals surface area contributed by atoms with Gasteiger partial charge < -0.3 is 4.55 Å². The van der Waals surface area contributed by atoms with Crippen molar-refractivity contribution in [2.24, 2.45) is 0 Å². The van der Waals surface area contributed by atoms with Crippen molar-refractivity contribution >= 4 is 12.0 Å². The van der Waals surface area contributed by atoms with E-state index in [4.69, 9.17) is 0 Å². The third-order valence-electron chi connectivity index (χ3n) is 0.839. The van der Waals surface area contributed by atoms with E-state index in [-0.39, 0.29) is 29.6 Å². The second-order valence-corrected chi connectivity index (χ2v) is 2.03. The molecule has 0 saturated heterocycles. The molecule has 1 aromatic rings. The molecule has 0 heterocycles. The molecule has 0 fully saturated rings. The van der Waals surface area contributed by atoms with Crippen LogP contribution in [0.2, 0.25) is 0 Å². The summed E-state index contributed by atoms with van der Waals surface area (Å²) >= 11 is 0.519. The minimum absolute atomic E-state index is 0. The second kappa shape index (κ2) is 5.33. The van der Waals surface area contributed by atoms with Gasteiger partial charge >= 0.3 is 29.6 Å². The summed E-state index contributed by atoms with van der Waals surface area (Å²) in [6.07, 6.45) is 0. The van der Waals surface area contributed by atoms with Crippen molar-refractivity contribution in [2.75, 3.05) is 0 Å². The van der Waals surface area contributed by atoms with Crippen LogP contribution in [0.25, 0.3) is 0 Å². The van der Waals surface area contributed by atoms with Crippen LogP contribution in [0.1, 0.15) is 0 Å². The fourth-order valence-electron chi connectivity index (χ4n) is 0.476. The molecule has 0 bridgehead atoms. The van der Waals surface area contributed by atoms with Crippen LogP contribution in [-0.4, -0.2) is 4.55 Å². The minimum Gasteiger partial charge on any atom is -0.795 e. The topological polar surface area (TPSA) is 23.1 Å². The quantitative estimate of drug-likeness (QED) is 0.373. The van der Waals surface area contributed by atoms with Crippen molar-refractivity contribution in [1.29, 1.82) is 0 Å². The Hall–Kier alpha value is 0.530. The van der Waals surface area contributed by atoms with Gasteiger partial charge in [-0.25, -0.2) is 12.0 Å². The summed E-state index contributed by atoms with van der Waals surface area (Å²) in [5.74, 6) is 0. The zero-order valence-corrected chi connectivity index (χ0v) is 8.02. The molecular weight excluding hydrogens is 143 g/mol. The van der Waals surface area contributed by atoms with E-state index in [2.05, 4.69) is 0 Å². The molecular formula is C6H5NaOS. The zero-order valence-electron chi connectivity index (χ0n) is 5.20. The first kappa shape index (κ1) is 9.53. The average Bonchev–Trinajstić information content (AvgIpc) is 1.90. The summed E-state index contributed by atoms with van der Waals surface area (Å²) in [5, 5.41) is 0. The second-order valence-electron chi connectivity index (χ2n) is 1.40. The standard InChI is InChI=1S/C6H6OS.Na/c7-8-6-4-2-1-3-5-6;/h1-5,7H;/q;+1/p-1. The van der Waals surface area contributed by atoms with Gasteiger partial charge in [-0.15, -0.1) is 0 Å². The van der Waals surface area contributed by atoms with Crippen LogP contribution in [0, 0.1) is 0 Å². The maximum absolute atomic E-state index is 10.0. The van der Waals surface area contributed by atoms with E-state index in [1.807, 2.05) is 18.2 Å². The van der Waals surface area contributed by atoms with E-state index in [0.717, 1.165) is 4.90 Å². The normalized spacial score (nSPS) is 8.11. The minimum atomic E-state index is 0. The molecule has 9 heavy (non-hydrogen) atoms. The van der Waals surface area contributed by atoms with Crippen LogP contribution in [0.15, 0.2) is 35.2 Å². The average molecular weight is 148 g/mol. The van der Waals surface area contributed by atoms with Crippen LogP contribution in [0.5, 0.6) is 0 Å². The predicted octanol–water partition coefficient (Wildman–Crippen LogP) is -1.09. The molecule has 0 aliphatic rings. The Morgan fingerprint density at radius 3 is 2.00 bits per heavy atom. The number of hydrogen-bond donors (Lipinski definition) is 0. The molecule has 3 heteroatoms. The third-order valence-corrected chi connectivity index (χ3v) is 1.30.